The molecule has 0 aromatic carbocycles. The number of nitrogens with two attached hydrogens (primary N) is 1. The van der Waals surface area contributed by atoms with Crippen LogP contribution in [0.2, 0.25) is 0 Å². The molecule has 0 spiro atoms. The van der Waals surface area contributed by atoms with E-state index in [1.807, 2.05) is 0 Å². The van der Waals surface area contributed by atoms with E-state index >= 15 is 0 Å². The SMILES string of the molecule is CCc1nc(CC(C)(C)C)c(N)s1. The second-order valence-electron chi connectivity index (χ2n) is 4.51. The summed E-state index contributed by atoms with van der Waals surface area (Å²) in [5, 5.41) is 2.04. The average molecular weight is 198 g/mol. The topological polar surface area (TPSA) is 38.9 Å². The van der Waals surface area contributed by atoms with Crippen molar-refractivity contribution >= 4 is 16.3 Å². The molecule has 1 aromatic heterocycles. The van der Waals surface area contributed by atoms with Crippen molar-refractivity contribution in [1.29, 1.82) is 0 Å². The average Bonchev–Trinajstić information content (AvgIpc) is 2.29. The van der Waals surface area contributed by atoms with Gasteiger partial charge in [-0.1, -0.05) is 27.7 Å². The van der Waals surface area contributed by atoms with Crippen molar-refractivity contribution < 1.29 is 0 Å². The van der Waals surface area contributed by atoms with E-state index in [0.717, 1.165) is 28.5 Å². The van der Waals surface area contributed by atoms with Crippen LogP contribution in [-0.2, 0) is 12.8 Å². The predicted octanol–water partition coefficient (Wildman–Crippen LogP) is 2.88. The zero-order valence-electron chi connectivity index (χ0n) is 8.85. The van der Waals surface area contributed by atoms with Crippen molar-refractivity contribution in [3.05, 3.63) is 10.7 Å². The lowest BCUT2D eigenvalue weighted by Gasteiger charge is -2.16. The van der Waals surface area contributed by atoms with Crippen molar-refractivity contribution in [3.8, 4) is 0 Å². The Balaban J connectivity index is 2.83. The number of hydrogen-bond acceptors (Lipinski definition) is 3. The van der Waals surface area contributed by atoms with E-state index in [9.17, 15) is 0 Å². The molecule has 0 aliphatic heterocycles. The van der Waals surface area contributed by atoms with Gasteiger partial charge in [-0.15, -0.1) is 11.3 Å². The highest BCUT2D eigenvalue weighted by Gasteiger charge is 2.16. The first-order chi connectivity index (χ1) is 5.92. The highest BCUT2D eigenvalue weighted by Crippen LogP contribution is 2.28. The number of thiazole rings is 1. The Morgan fingerprint density at radius 2 is 2.00 bits per heavy atom. The molecule has 2 nitrogen and oxygen atoms in total. The fourth-order valence-corrected chi connectivity index (χ4v) is 1.98. The molecule has 0 amide bonds. The summed E-state index contributed by atoms with van der Waals surface area (Å²) in [5.41, 5.74) is 7.23. The smallest absolute Gasteiger partial charge is 0.109 e. The van der Waals surface area contributed by atoms with E-state index in [1.54, 1.807) is 11.3 Å². The number of anilines is 1. The largest absolute Gasteiger partial charge is 0.389 e. The lowest BCUT2D eigenvalue weighted by molar-refractivity contribution is 0.407. The Labute approximate surface area is 84.2 Å². The molecule has 0 unspecified atom stereocenters. The van der Waals surface area contributed by atoms with Crippen LogP contribution in [0.5, 0.6) is 0 Å². The Bertz CT molecular complexity index is 284. The molecular formula is C10H18N2S. The van der Waals surface area contributed by atoms with Crippen molar-refractivity contribution in [2.75, 3.05) is 5.73 Å². The minimum atomic E-state index is 0.271. The summed E-state index contributed by atoms with van der Waals surface area (Å²) >= 11 is 1.62. The normalized spacial score (nSPS) is 12.0. The monoisotopic (exact) mass is 198 g/mol. The number of nitrogen functional groups attached to an aromatic ring is 1. The number of nitrogens with zero attached hydrogens (tertiary/aromatic N) is 1. The van der Waals surface area contributed by atoms with Crippen molar-refractivity contribution in [3.63, 3.8) is 0 Å². The quantitative estimate of drug-likeness (QED) is 0.793. The number of rotatable bonds is 2. The molecule has 0 aliphatic rings. The van der Waals surface area contributed by atoms with Crippen molar-refractivity contribution in [1.82, 2.24) is 4.98 Å². The summed E-state index contributed by atoms with van der Waals surface area (Å²) in [5.74, 6) is 0. The maximum atomic E-state index is 5.88. The standard InChI is InChI=1S/C10H18N2S/c1-5-8-12-7(9(11)13-8)6-10(2,3)4/h5-6,11H2,1-4H3. The van der Waals surface area contributed by atoms with Gasteiger partial charge in [0.1, 0.15) is 5.00 Å². The maximum Gasteiger partial charge on any atom is 0.109 e. The third kappa shape index (κ3) is 2.99. The van der Waals surface area contributed by atoms with Crippen LogP contribution in [0.15, 0.2) is 0 Å². The number of aromatic nitrogens is 1. The maximum absolute atomic E-state index is 5.88. The molecule has 1 aromatic rings. The third-order valence-corrected chi connectivity index (χ3v) is 2.84. The van der Waals surface area contributed by atoms with Crippen molar-refractivity contribution in [2.45, 2.75) is 40.5 Å². The van der Waals surface area contributed by atoms with E-state index in [4.69, 9.17) is 5.73 Å². The molecule has 0 atom stereocenters. The van der Waals surface area contributed by atoms with Gasteiger partial charge in [0.15, 0.2) is 0 Å². The Morgan fingerprint density at radius 1 is 1.38 bits per heavy atom. The minimum Gasteiger partial charge on any atom is -0.389 e. The first-order valence-corrected chi connectivity index (χ1v) is 5.48. The van der Waals surface area contributed by atoms with Gasteiger partial charge in [0.25, 0.3) is 0 Å². The van der Waals surface area contributed by atoms with Crippen LogP contribution in [0.3, 0.4) is 0 Å². The van der Waals surface area contributed by atoms with E-state index in [1.165, 1.54) is 0 Å². The molecule has 2 N–H and O–H groups in total. The van der Waals surface area contributed by atoms with Gasteiger partial charge in [-0.25, -0.2) is 4.98 Å². The van der Waals surface area contributed by atoms with Gasteiger partial charge in [-0.05, 0) is 18.3 Å². The van der Waals surface area contributed by atoms with Crippen LogP contribution < -0.4 is 5.73 Å². The minimum absolute atomic E-state index is 0.271. The summed E-state index contributed by atoms with van der Waals surface area (Å²) in [6.45, 7) is 8.73. The van der Waals surface area contributed by atoms with Gasteiger partial charge < -0.3 is 5.73 Å². The molecule has 0 fully saturated rings. The van der Waals surface area contributed by atoms with Gasteiger partial charge in [0.05, 0.1) is 10.7 Å². The van der Waals surface area contributed by atoms with Crippen LogP contribution in [-0.4, -0.2) is 4.98 Å². The van der Waals surface area contributed by atoms with E-state index < -0.39 is 0 Å². The Morgan fingerprint density at radius 3 is 2.38 bits per heavy atom. The van der Waals surface area contributed by atoms with Crippen LogP contribution in [0.4, 0.5) is 5.00 Å². The Hall–Kier alpha value is -0.570. The lowest BCUT2D eigenvalue weighted by atomic mass is 9.91. The molecule has 0 radical (unpaired) electrons. The fraction of sp³-hybridized carbons (Fsp3) is 0.700. The second-order valence-corrected chi connectivity index (χ2v) is 5.62. The first kappa shape index (κ1) is 10.5. The van der Waals surface area contributed by atoms with Gasteiger partial charge in [0.2, 0.25) is 0 Å². The summed E-state index contributed by atoms with van der Waals surface area (Å²) in [7, 11) is 0. The molecule has 0 bridgehead atoms. The molecule has 1 rings (SSSR count). The fourth-order valence-electron chi connectivity index (χ4n) is 1.19. The molecule has 74 valence electrons. The third-order valence-electron chi connectivity index (χ3n) is 1.77. The van der Waals surface area contributed by atoms with Gasteiger partial charge in [0, 0.05) is 0 Å². The van der Waals surface area contributed by atoms with E-state index in [2.05, 4.69) is 32.7 Å². The zero-order chi connectivity index (χ0) is 10.1. The van der Waals surface area contributed by atoms with Gasteiger partial charge in [-0.2, -0.15) is 0 Å². The molecule has 0 saturated heterocycles. The van der Waals surface area contributed by atoms with Gasteiger partial charge >= 0.3 is 0 Å². The molecule has 1 heterocycles. The number of aryl methyl sites for hydroxylation is 1. The van der Waals surface area contributed by atoms with Crippen LogP contribution in [0, 0.1) is 5.41 Å². The van der Waals surface area contributed by atoms with Gasteiger partial charge in [-0.3, -0.25) is 0 Å². The Kier molecular flexibility index (Phi) is 2.96. The van der Waals surface area contributed by atoms with Crippen LogP contribution >= 0.6 is 11.3 Å². The first-order valence-electron chi connectivity index (χ1n) is 4.66. The molecule has 0 saturated carbocycles. The molecule has 0 aliphatic carbocycles. The summed E-state index contributed by atoms with van der Waals surface area (Å²) < 4.78 is 0. The highest BCUT2D eigenvalue weighted by atomic mass is 32.1. The van der Waals surface area contributed by atoms with Crippen LogP contribution in [0.25, 0.3) is 0 Å². The predicted molar refractivity (Wildman–Crippen MR) is 59.1 cm³/mol. The summed E-state index contributed by atoms with van der Waals surface area (Å²) in [4.78, 5) is 4.51. The van der Waals surface area contributed by atoms with Crippen LogP contribution in [0.1, 0.15) is 38.4 Å². The number of hydrogen-bond donors (Lipinski definition) is 1. The van der Waals surface area contributed by atoms with E-state index in [0.29, 0.717) is 0 Å². The summed E-state index contributed by atoms with van der Waals surface area (Å²) in [6.07, 6.45) is 1.95. The molecule has 13 heavy (non-hydrogen) atoms. The molecule has 3 heteroatoms. The lowest BCUT2D eigenvalue weighted by Crippen LogP contribution is -2.10. The van der Waals surface area contributed by atoms with Crippen molar-refractivity contribution in [2.24, 2.45) is 5.41 Å². The summed E-state index contributed by atoms with van der Waals surface area (Å²) in [6, 6.07) is 0. The second kappa shape index (κ2) is 3.66. The zero-order valence-corrected chi connectivity index (χ0v) is 9.66. The highest BCUT2D eigenvalue weighted by molar-refractivity contribution is 7.15. The van der Waals surface area contributed by atoms with E-state index in [-0.39, 0.29) is 5.41 Å². The molecular weight excluding hydrogens is 180 g/mol.